The lowest BCUT2D eigenvalue weighted by atomic mass is 9.70. The van der Waals surface area contributed by atoms with Crippen LogP contribution in [0.3, 0.4) is 0 Å². The summed E-state index contributed by atoms with van der Waals surface area (Å²) in [4.78, 5) is 11.0. The largest absolute Gasteiger partial charge is 0.481 e. The summed E-state index contributed by atoms with van der Waals surface area (Å²) in [6, 6.07) is 8.46. The van der Waals surface area contributed by atoms with E-state index in [2.05, 4.69) is 38.1 Å². The number of carboxylic acid groups (broad SMARTS) is 1. The SMILES string of the molecule is CC(C)Cc1cccc(C2CCC2C(=O)O)c1. The van der Waals surface area contributed by atoms with Crippen LogP contribution in [0.2, 0.25) is 0 Å². The molecule has 1 N–H and O–H groups in total. The smallest absolute Gasteiger partial charge is 0.307 e. The van der Waals surface area contributed by atoms with Crippen LogP contribution in [-0.2, 0) is 11.2 Å². The van der Waals surface area contributed by atoms with Crippen molar-refractivity contribution in [3.63, 3.8) is 0 Å². The molecule has 2 atom stereocenters. The summed E-state index contributed by atoms with van der Waals surface area (Å²) in [5.74, 6) is 0.0707. The average Bonchev–Trinajstić information content (AvgIpc) is 2.13. The van der Waals surface area contributed by atoms with Crippen molar-refractivity contribution in [2.75, 3.05) is 0 Å². The van der Waals surface area contributed by atoms with Gasteiger partial charge in [0.05, 0.1) is 5.92 Å². The van der Waals surface area contributed by atoms with Gasteiger partial charge in [-0.1, -0.05) is 38.1 Å². The third-order valence-corrected chi connectivity index (χ3v) is 3.61. The molecule has 1 aromatic carbocycles. The second-order valence-corrected chi connectivity index (χ2v) is 5.47. The molecule has 0 radical (unpaired) electrons. The van der Waals surface area contributed by atoms with Crippen LogP contribution in [0.5, 0.6) is 0 Å². The molecule has 0 bridgehead atoms. The predicted molar refractivity (Wildman–Crippen MR) is 68.1 cm³/mol. The first-order chi connectivity index (χ1) is 8.08. The predicted octanol–water partition coefficient (Wildman–Crippen LogP) is 3.46. The van der Waals surface area contributed by atoms with Crippen LogP contribution in [0.25, 0.3) is 0 Å². The molecule has 2 heteroatoms. The average molecular weight is 232 g/mol. The highest BCUT2D eigenvalue weighted by Crippen LogP contribution is 2.42. The van der Waals surface area contributed by atoms with Crippen LogP contribution in [0, 0.1) is 11.8 Å². The maximum atomic E-state index is 11.0. The fourth-order valence-corrected chi connectivity index (χ4v) is 2.62. The van der Waals surface area contributed by atoms with Crippen molar-refractivity contribution in [2.45, 2.75) is 39.0 Å². The van der Waals surface area contributed by atoms with Crippen molar-refractivity contribution in [3.05, 3.63) is 35.4 Å². The van der Waals surface area contributed by atoms with E-state index < -0.39 is 5.97 Å². The van der Waals surface area contributed by atoms with Gasteiger partial charge in [0.1, 0.15) is 0 Å². The molecular weight excluding hydrogens is 212 g/mol. The van der Waals surface area contributed by atoms with Crippen LogP contribution in [0.15, 0.2) is 24.3 Å². The summed E-state index contributed by atoms with van der Waals surface area (Å²) in [6.45, 7) is 4.41. The molecule has 0 aromatic heterocycles. The zero-order valence-corrected chi connectivity index (χ0v) is 10.5. The van der Waals surface area contributed by atoms with E-state index in [4.69, 9.17) is 5.11 Å². The van der Waals surface area contributed by atoms with Gasteiger partial charge < -0.3 is 5.11 Å². The van der Waals surface area contributed by atoms with Gasteiger partial charge in [-0.2, -0.15) is 0 Å². The van der Waals surface area contributed by atoms with Crippen LogP contribution in [-0.4, -0.2) is 11.1 Å². The fraction of sp³-hybridized carbons (Fsp3) is 0.533. The summed E-state index contributed by atoms with van der Waals surface area (Å²) in [5.41, 5.74) is 2.54. The summed E-state index contributed by atoms with van der Waals surface area (Å²) >= 11 is 0. The maximum Gasteiger partial charge on any atom is 0.307 e. The monoisotopic (exact) mass is 232 g/mol. The number of hydrogen-bond acceptors (Lipinski definition) is 1. The molecule has 1 aliphatic rings. The Bertz CT molecular complexity index is 409. The highest BCUT2D eigenvalue weighted by molar-refractivity contribution is 5.72. The number of hydrogen-bond donors (Lipinski definition) is 1. The first kappa shape index (κ1) is 12.2. The Kier molecular flexibility index (Phi) is 3.51. The maximum absolute atomic E-state index is 11.0. The Hall–Kier alpha value is -1.31. The highest BCUT2D eigenvalue weighted by Gasteiger charge is 2.37. The zero-order chi connectivity index (χ0) is 12.4. The molecule has 0 amide bonds. The summed E-state index contributed by atoms with van der Waals surface area (Å²) in [5, 5.41) is 9.08. The van der Waals surface area contributed by atoms with E-state index >= 15 is 0 Å². The molecule has 2 nitrogen and oxygen atoms in total. The molecule has 0 spiro atoms. The number of rotatable bonds is 4. The minimum atomic E-state index is -0.643. The molecule has 2 rings (SSSR count). The third-order valence-electron chi connectivity index (χ3n) is 3.61. The lowest BCUT2D eigenvalue weighted by molar-refractivity contribution is -0.145. The Morgan fingerprint density at radius 2 is 2.18 bits per heavy atom. The van der Waals surface area contributed by atoms with E-state index in [-0.39, 0.29) is 11.8 Å². The molecule has 0 saturated heterocycles. The molecule has 2 unspecified atom stereocenters. The van der Waals surface area contributed by atoms with Gasteiger partial charge in [-0.15, -0.1) is 0 Å². The number of benzene rings is 1. The van der Waals surface area contributed by atoms with Crippen molar-refractivity contribution < 1.29 is 9.90 Å². The standard InChI is InChI=1S/C15H20O2/c1-10(2)8-11-4-3-5-12(9-11)13-6-7-14(13)15(16)17/h3-5,9-10,13-14H,6-8H2,1-2H3,(H,16,17). The number of carboxylic acids is 1. The minimum absolute atomic E-state index is 0.163. The van der Waals surface area contributed by atoms with E-state index in [1.54, 1.807) is 0 Å². The number of aliphatic carboxylic acids is 1. The molecule has 92 valence electrons. The zero-order valence-electron chi connectivity index (χ0n) is 10.5. The number of carbonyl (C=O) groups is 1. The van der Waals surface area contributed by atoms with E-state index in [1.807, 2.05) is 0 Å². The van der Waals surface area contributed by atoms with Gasteiger partial charge in [-0.05, 0) is 42.2 Å². The van der Waals surface area contributed by atoms with E-state index in [1.165, 1.54) is 11.1 Å². The molecule has 0 heterocycles. The second kappa shape index (κ2) is 4.91. The molecule has 1 aliphatic carbocycles. The van der Waals surface area contributed by atoms with E-state index in [0.717, 1.165) is 19.3 Å². The third kappa shape index (κ3) is 2.68. The fourth-order valence-electron chi connectivity index (χ4n) is 2.62. The topological polar surface area (TPSA) is 37.3 Å². The molecule has 1 aromatic rings. The molecule has 0 aliphatic heterocycles. The van der Waals surface area contributed by atoms with Gasteiger partial charge in [-0.25, -0.2) is 0 Å². The summed E-state index contributed by atoms with van der Waals surface area (Å²) < 4.78 is 0. The lowest BCUT2D eigenvalue weighted by Crippen LogP contribution is -2.30. The summed E-state index contributed by atoms with van der Waals surface area (Å²) in [6.07, 6.45) is 2.91. The normalized spacial score (nSPS) is 23.5. The second-order valence-electron chi connectivity index (χ2n) is 5.47. The quantitative estimate of drug-likeness (QED) is 0.863. The molecule has 1 saturated carbocycles. The Morgan fingerprint density at radius 1 is 1.41 bits per heavy atom. The van der Waals surface area contributed by atoms with E-state index in [0.29, 0.717) is 5.92 Å². The minimum Gasteiger partial charge on any atom is -0.481 e. The lowest BCUT2D eigenvalue weighted by Gasteiger charge is -2.34. The Labute approximate surface area is 103 Å². The molecular formula is C15H20O2. The van der Waals surface area contributed by atoms with Crippen molar-refractivity contribution in [1.82, 2.24) is 0 Å². The van der Waals surface area contributed by atoms with Gasteiger partial charge >= 0.3 is 5.97 Å². The molecule has 17 heavy (non-hydrogen) atoms. The highest BCUT2D eigenvalue weighted by atomic mass is 16.4. The first-order valence-corrected chi connectivity index (χ1v) is 6.39. The van der Waals surface area contributed by atoms with Crippen molar-refractivity contribution in [2.24, 2.45) is 11.8 Å². The van der Waals surface area contributed by atoms with Crippen LogP contribution >= 0.6 is 0 Å². The van der Waals surface area contributed by atoms with Crippen LogP contribution < -0.4 is 0 Å². The van der Waals surface area contributed by atoms with Crippen molar-refractivity contribution >= 4 is 5.97 Å². The van der Waals surface area contributed by atoms with Crippen molar-refractivity contribution in [3.8, 4) is 0 Å². The Morgan fingerprint density at radius 3 is 2.71 bits per heavy atom. The van der Waals surface area contributed by atoms with Gasteiger partial charge in [0.15, 0.2) is 0 Å². The van der Waals surface area contributed by atoms with Gasteiger partial charge in [0.2, 0.25) is 0 Å². The van der Waals surface area contributed by atoms with Gasteiger partial charge in [0, 0.05) is 0 Å². The first-order valence-electron chi connectivity index (χ1n) is 6.39. The van der Waals surface area contributed by atoms with Crippen LogP contribution in [0.4, 0.5) is 0 Å². The van der Waals surface area contributed by atoms with Gasteiger partial charge in [0.25, 0.3) is 0 Å². The van der Waals surface area contributed by atoms with E-state index in [9.17, 15) is 4.79 Å². The Balaban J connectivity index is 2.13. The molecule has 1 fully saturated rings. The van der Waals surface area contributed by atoms with Crippen LogP contribution in [0.1, 0.15) is 43.7 Å². The van der Waals surface area contributed by atoms with Gasteiger partial charge in [-0.3, -0.25) is 4.79 Å². The summed E-state index contributed by atoms with van der Waals surface area (Å²) in [7, 11) is 0. The van der Waals surface area contributed by atoms with Crippen molar-refractivity contribution in [1.29, 1.82) is 0 Å².